The average Bonchev–Trinajstić information content (AvgIpc) is 2.66. The van der Waals surface area contributed by atoms with E-state index in [1.165, 1.54) is 28.9 Å². The highest BCUT2D eigenvalue weighted by atomic mass is 35.5. The summed E-state index contributed by atoms with van der Waals surface area (Å²) in [5.41, 5.74) is 0.351. The molecule has 1 atom stereocenters. The van der Waals surface area contributed by atoms with E-state index in [1.807, 2.05) is 0 Å². The molecule has 3 rings (SSSR count). The summed E-state index contributed by atoms with van der Waals surface area (Å²) >= 11 is 6.21. The number of carbonyl (C=O) groups is 1. The van der Waals surface area contributed by atoms with Gasteiger partial charge in [0, 0.05) is 19.1 Å². The molecule has 0 aliphatic carbocycles. The third-order valence-corrected chi connectivity index (χ3v) is 7.68. The van der Waals surface area contributed by atoms with Gasteiger partial charge in [-0.25, -0.2) is 8.42 Å². The zero-order chi connectivity index (χ0) is 19.4. The molecule has 2 fully saturated rings. The van der Waals surface area contributed by atoms with Crippen LogP contribution in [0.4, 0.5) is 5.69 Å². The quantitative estimate of drug-likeness (QED) is 0.803. The number of carbonyl (C=O) groups excluding carboxylic acids is 1. The monoisotopic (exact) mass is 413 g/mol. The van der Waals surface area contributed by atoms with E-state index in [4.69, 9.17) is 11.6 Å². The molecule has 0 aromatic heterocycles. The Kier molecular flexibility index (Phi) is 6.78. The van der Waals surface area contributed by atoms with Crippen LogP contribution >= 0.6 is 11.6 Å². The van der Waals surface area contributed by atoms with Crippen LogP contribution in [0, 0.1) is 0 Å². The Morgan fingerprint density at radius 1 is 1.15 bits per heavy atom. The first kappa shape index (κ1) is 20.6. The van der Waals surface area contributed by atoms with E-state index in [9.17, 15) is 13.2 Å². The molecular formula is C19H28ClN3O3S. The molecule has 27 heavy (non-hydrogen) atoms. The number of hydrogen-bond donors (Lipinski definition) is 1. The van der Waals surface area contributed by atoms with Crippen LogP contribution in [-0.4, -0.2) is 55.8 Å². The second kappa shape index (κ2) is 8.90. The van der Waals surface area contributed by atoms with Gasteiger partial charge < -0.3 is 5.32 Å². The minimum absolute atomic E-state index is 0.168. The Morgan fingerprint density at radius 2 is 1.85 bits per heavy atom. The Hall–Kier alpha value is -1.15. The lowest BCUT2D eigenvalue weighted by Crippen LogP contribution is -2.42. The number of sulfonamides is 1. The lowest BCUT2D eigenvalue weighted by atomic mass is 10.0. The van der Waals surface area contributed by atoms with Crippen LogP contribution in [-0.2, 0) is 14.8 Å². The van der Waals surface area contributed by atoms with Crippen LogP contribution < -0.4 is 5.32 Å². The number of anilines is 1. The van der Waals surface area contributed by atoms with Gasteiger partial charge in [0.15, 0.2) is 0 Å². The highest BCUT2D eigenvalue weighted by Crippen LogP contribution is 2.28. The maximum absolute atomic E-state index is 12.9. The third-order valence-electron chi connectivity index (χ3n) is 5.45. The van der Waals surface area contributed by atoms with Crippen molar-refractivity contribution in [3.8, 4) is 0 Å². The van der Waals surface area contributed by atoms with Crippen LogP contribution in [0.5, 0.6) is 0 Å². The highest BCUT2D eigenvalue weighted by Gasteiger charge is 2.27. The Balaban J connectivity index is 1.72. The van der Waals surface area contributed by atoms with Gasteiger partial charge in [0.2, 0.25) is 15.9 Å². The fourth-order valence-corrected chi connectivity index (χ4v) is 5.49. The van der Waals surface area contributed by atoms with E-state index in [2.05, 4.69) is 17.1 Å². The first-order chi connectivity index (χ1) is 12.9. The van der Waals surface area contributed by atoms with E-state index in [1.54, 1.807) is 0 Å². The van der Waals surface area contributed by atoms with Crippen LogP contribution in [0.2, 0.25) is 5.02 Å². The molecule has 6 nitrogen and oxygen atoms in total. The SMILES string of the molecule is CC1CCCCN1CC(=O)Nc1cc(S(=O)(=O)N2CCCCC2)ccc1Cl. The molecule has 1 aromatic carbocycles. The fraction of sp³-hybridized carbons (Fsp3) is 0.632. The van der Waals surface area contributed by atoms with Crippen molar-refractivity contribution < 1.29 is 13.2 Å². The number of benzene rings is 1. The number of nitrogens with one attached hydrogen (secondary N) is 1. The molecule has 2 aliphatic rings. The van der Waals surface area contributed by atoms with Crippen molar-refractivity contribution in [3.05, 3.63) is 23.2 Å². The second-order valence-corrected chi connectivity index (χ2v) is 9.81. The number of hydrogen-bond acceptors (Lipinski definition) is 4. The summed E-state index contributed by atoms with van der Waals surface area (Å²) in [6.07, 6.45) is 6.21. The molecule has 2 heterocycles. The molecule has 1 amide bonds. The first-order valence-electron chi connectivity index (χ1n) is 9.71. The van der Waals surface area contributed by atoms with Crippen molar-refractivity contribution in [2.24, 2.45) is 0 Å². The van der Waals surface area contributed by atoms with Gasteiger partial charge in [0.1, 0.15) is 0 Å². The minimum Gasteiger partial charge on any atom is -0.324 e. The van der Waals surface area contributed by atoms with Gasteiger partial charge >= 0.3 is 0 Å². The number of likely N-dealkylation sites (tertiary alicyclic amines) is 1. The molecule has 8 heteroatoms. The largest absolute Gasteiger partial charge is 0.324 e. The van der Waals surface area contributed by atoms with Gasteiger partial charge in [-0.2, -0.15) is 4.31 Å². The summed E-state index contributed by atoms with van der Waals surface area (Å²) < 4.78 is 27.2. The normalized spacial score (nSPS) is 22.5. The molecule has 2 aliphatic heterocycles. The predicted molar refractivity (Wildman–Crippen MR) is 108 cm³/mol. The van der Waals surface area contributed by atoms with Crippen LogP contribution in [0.15, 0.2) is 23.1 Å². The average molecular weight is 414 g/mol. The lowest BCUT2D eigenvalue weighted by molar-refractivity contribution is -0.118. The Morgan fingerprint density at radius 3 is 2.56 bits per heavy atom. The molecule has 1 unspecified atom stereocenters. The smallest absolute Gasteiger partial charge is 0.243 e. The maximum Gasteiger partial charge on any atom is 0.243 e. The number of piperidine rings is 2. The van der Waals surface area contributed by atoms with Crippen molar-refractivity contribution >= 4 is 33.2 Å². The zero-order valence-corrected chi connectivity index (χ0v) is 17.4. The van der Waals surface area contributed by atoms with Crippen molar-refractivity contribution in [1.29, 1.82) is 0 Å². The zero-order valence-electron chi connectivity index (χ0n) is 15.8. The van der Waals surface area contributed by atoms with E-state index in [0.717, 1.165) is 38.6 Å². The molecule has 0 radical (unpaired) electrons. The topological polar surface area (TPSA) is 69.7 Å². The summed E-state index contributed by atoms with van der Waals surface area (Å²) in [5.74, 6) is -0.168. The van der Waals surface area contributed by atoms with Crippen LogP contribution in [0.25, 0.3) is 0 Å². The summed E-state index contributed by atoms with van der Waals surface area (Å²) in [5, 5.41) is 3.14. The minimum atomic E-state index is -3.56. The van der Waals surface area contributed by atoms with E-state index >= 15 is 0 Å². The fourth-order valence-electron chi connectivity index (χ4n) is 3.78. The van der Waals surface area contributed by atoms with Crippen molar-refractivity contribution in [3.63, 3.8) is 0 Å². The number of halogens is 1. The Bertz CT molecular complexity index is 778. The number of amides is 1. The molecule has 2 saturated heterocycles. The number of nitrogens with zero attached hydrogens (tertiary/aromatic N) is 2. The predicted octanol–water partition coefficient (Wildman–Crippen LogP) is 3.33. The van der Waals surface area contributed by atoms with Crippen LogP contribution in [0.3, 0.4) is 0 Å². The summed E-state index contributed by atoms with van der Waals surface area (Å²) in [6, 6.07) is 4.90. The summed E-state index contributed by atoms with van der Waals surface area (Å²) in [6.45, 7) is 4.41. The molecule has 0 spiro atoms. The molecule has 1 N–H and O–H groups in total. The number of rotatable bonds is 5. The second-order valence-electron chi connectivity index (χ2n) is 7.47. The Labute approximate surface area is 166 Å². The van der Waals surface area contributed by atoms with Gasteiger partial charge in [-0.3, -0.25) is 9.69 Å². The van der Waals surface area contributed by atoms with Crippen molar-refractivity contribution in [1.82, 2.24) is 9.21 Å². The molecular weight excluding hydrogens is 386 g/mol. The van der Waals surface area contributed by atoms with Gasteiger partial charge in [0.25, 0.3) is 0 Å². The lowest BCUT2D eigenvalue weighted by Gasteiger charge is -2.32. The summed E-state index contributed by atoms with van der Waals surface area (Å²) in [4.78, 5) is 14.8. The van der Waals surface area contributed by atoms with Gasteiger partial charge in [-0.1, -0.05) is 24.4 Å². The third kappa shape index (κ3) is 5.02. The molecule has 150 valence electrons. The first-order valence-corrected chi connectivity index (χ1v) is 11.5. The van der Waals surface area contributed by atoms with Gasteiger partial charge in [-0.15, -0.1) is 0 Å². The van der Waals surface area contributed by atoms with Crippen molar-refractivity contribution in [2.45, 2.75) is 56.4 Å². The van der Waals surface area contributed by atoms with E-state index < -0.39 is 10.0 Å². The standard InChI is InChI=1S/C19H28ClN3O3S/c1-15-7-3-6-10-22(15)14-19(24)21-18-13-16(8-9-17(18)20)27(25,26)23-11-4-2-5-12-23/h8-9,13,15H,2-7,10-12,14H2,1H3,(H,21,24). The van der Waals surface area contributed by atoms with Crippen molar-refractivity contribution in [2.75, 3.05) is 31.5 Å². The van der Waals surface area contributed by atoms with E-state index in [-0.39, 0.29) is 10.8 Å². The highest BCUT2D eigenvalue weighted by molar-refractivity contribution is 7.89. The molecule has 0 bridgehead atoms. The maximum atomic E-state index is 12.9. The molecule has 0 saturated carbocycles. The molecule has 1 aromatic rings. The van der Waals surface area contributed by atoms with E-state index in [0.29, 0.717) is 36.4 Å². The van der Waals surface area contributed by atoms with Gasteiger partial charge in [-0.05, 0) is 57.4 Å². The van der Waals surface area contributed by atoms with Gasteiger partial charge in [0.05, 0.1) is 22.2 Å². The summed E-state index contributed by atoms with van der Waals surface area (Å²) in [7, 11) is -3.56. The van der Waals surface area contributed by atoms with Crippen LogP contribution in [0.1, 0.15) is 45.4 Å².